The molecule has 0 saturated carbocycles. The minimum absolute atomic E-state index is 0.524. The van der Waals surface area contributed by atoms with Crippen molar-refractivity contribution in [2.75, 3.05) is 17.2 Å². The van der Waals surface area contributed by atoms with E-state index in [0.717, 1.165) is 17.7 Å². The summed E-state index contributed by atoms with van der Waals surface area (Å²) in [5.74, 6) is 0. The molecular formula is C13H18N4O. The van der Waals surface area contributed by atoms with Crippen molar-refractivity contribution in [3.05, 3.63) is 12.1 Å². The van der Waals surface area contributed by atoms with Gasteiger partial charge in [-0.15, -0.1) is 0 Å². The molecule has 1 saturated heterocycles. The van der Waals surface area contributed by atoms with Gasteiger partial charge < -0.3 is 10.6 Å². The topological polar surface area (TPSA) is 68.2 Å². The highest BCUT2D eigenvalue weighted by Gasteiger charge is 2.21. The number of rotatable bonds is 1. The van der Waals surface area contributed by atoms with Crippen molar-refractivity contribution in [3.63, 3.8) is 0 Å². The summed E-state index contributed by atoms with van der Waals surface area (Å²) >= 11 is 0. The molecule has 1 aromatic heterocycles. The largest absolute Gasteiger partial charge is 0.397 e. The molecular weight excluding hydrogens is 228 g/mol. The molecule has 2 aromatic rings. The number of fused-ring (bicyclic) bond motifs is 1. The van der Waals surface area contributed by atoms with E-state index in [1.54, 1.807) is 0 Å². The van der Waals surface area contributed by atoms with Crippen molar-refractivity contribution >= 4 is 22.4 Å². The van der Waals surface area contributed by atoms with Gasteiger partial charge in [0.05, 0.1) is 11.4 Å². The Morgan fingerprint density at radius 2 is 2.06 bits per heavy atom. The second kappa shape index (κ2) is 4.48. The first-order valence-corrected chi connectivity index (χ1v) is 6.55. The number of benzene rings is 1. The van der Waals surface area contributed by atoms with Crippen molar-refractivity contribution in [1.82, 2.24) is 10.3 Å². The number of nitrogen functional groups attached to an aromatic ring is 1. The van der Waals surface area contributed by atoms with Crippen LogP contribution in [0.1, 0.15) is 32.6 Å². The van der Waals surface area contributed by atoms with Crippen LogP contribution >= 0.6 is 0 Å². The molecule has 1 unspecified atom stereocenters. The molecule has 0 aliphatic carbocycles. The molecule has 1 atom stereocenters. The molecule has 0 radical (unpaired) electrons. The molecule has 1 aliphatic rings. The van der Waals surface area contributed by atoms with Gasteiger partial charge in [-0.1, -0.05) is 12.8 Å². The van der Waals surface area contributed by atoms with E-state index in [2.05, 4.69) is 22.1 Å². The first-order valence-electron chi connectivity index (χ1n) is 6.55. The summed E-state index contributed by atoms with van der Waals surface area (Å²) in [6.45, 7) is 3.33. The fourth-order valence-corrected chi connectivity index (χ4v) is 2.74. The van der Waals surface area contributed by atoms with E-state index in [0.29, 0.717) is 17.2 Å². The smallest absolute Gasteiger partial charge is 0.160 e. The lowest BCUT2D eigenvalue weighted by Gasteiger charge is -2.29. The Hall–Kier alpha value is -1.78. The Balaban J connectivity index is 2.07. The molecule has 1 aromatic carbocycles. The van der Waals surface area contributed by atoms with Gasteiger partial charge in [-0.05, 0) is 42.2 Å². The van der Waals surface area contributed by atoms with Gasteiger partial charge in [-0.2, -0.15) is 0 Å². The lowest BCUT2D eigenvalue weighted by molar-refractivity contribution is 0.315. The van der Waals surface area contributed by atoms with Crippen LogP contribution in [-0.4, -0.2) is 22.9 Å². The first-order chi connectivity index (χ1) is 8.77. The van der Waals surface area contributed by atoms with Crippen LogP contribution < -0.4 is 10.6 Å². The fourth-order valence-electron chi connectivity index (χ4n) is 2.74. The van der Waals surface area contributed by atoms with Crippen LogP contribution in [0.3, 0.4) is 0 Å². The maximum absolute atomic E-state index is 5.88. The highest BCUT2D eigenvalue weighted by atomic mass is 16.6. The fraction of sp³-hybridized carbons (Fsp3) is 0.538. The van der Waals surface area contributed by atoms with Crippen molar-refractivity contribution < 1.29 is 4.63 Å². The van der Waals surface area contributed by atoms with E-state index in [9.17, 15) is 0 Å². The zero-order valence-electron chi connectivity index (χ0n) is 10.6. The number of nitrogens with two attached hydrogens (primary N) is 1. The summed E-state index contributed by atoms with van der Waals surface area (Å²) in [7, 11) is 0. The zero-order chi connectivity index (χ0) is 12.5. The summed E-state index contributed by atoms with van der Waals surface area (Å²) in [6, 6.07) is 4.44. The van der Waals surface area contributed by atoms with Gasteiger partial charge in [0.25, 0.3) is 0 Å². The average Bonchev–Trinajstić information content (AvgIpc) is 2.76. The van der Waals surface area contributed by atoms with E-state index in [-0.39, 0.29) is 0 Å². The Labute approximate surface area is 106 Å². The van der Waals surface area contributed by atoms with Gasteiger partial charge in [0.15, 0.2) is 11.0 Å². The maximum atomic E-state index is 5.88. The first kappa shape index (κ1) is 11.3. The van der Waals surface area contributed by atoms with Gasteiger partial charge in [-0.25, -0.2) is 4.63 Å². The number of hydrogen-bond donors (Lipinski definition) is 1. The van der Waals surface area contributed by atoms with Crippen LogP contribution in [-0.2, 0) is 0 Å². The molecule has 5 heteroatoms. The molecule has 18 heavy (non-hydrogen) atoms. The van der Waals surface area contributed by atoms with Gasteiger partial charge in [0.1, 0.15) is 0 Å². The number of anilines is 2. The predicted molar refractivity (Wildman–Crippen MR) is 71.5 cm³/mol. The Morgan fingerprint density at radius 3 is 2.94 bits per heavy atom. The van der Waals surface area contributed by atoms with Gasteiger partial charge in [-0.3, -0.25) is 0 Å². The second-order valence-corrected chi connectivity index (χ2v) is 5.03. The molecule has 0 amide bonds. The molecule has 0 bridgehead atoms. The quantitative estimate of drug-likeness (QED) is 0.783. The minimum Gasteiger partial charge on any atom is -0.397 e. The average molecular weight is 246 g/mol. The van der Waals surface area contributed by atoms with E-state index in [1.807, 2.05) is 12.1 Å². The SMILES string of the molecule is CC1CCCCCN1c1ccc(N)c2nonc12. The van der Waals surface area contributed by atoms with Gasteiger partial charge in [0.2, 0.25) is 0 Å². The van der Waals surface area contributed by atoms with Crippen LogP contribution in [0.15, 0.2) is 16.8 Å². The van der Waals surface area contributed by atoms with Crippen LogP contribution in [0.5, 0.6) is 0 Å². The van der Waals surface area contributed by atoms with Crippen molar-refractivity contribution in [2.45, 2.75) is 38.6 Å². The number of nitrogens with zero attached hydrogens (tertiary/aromatic N) is 3. The third kappa shape index (κ3) is 1.79. The molecule has 1 fully saturated rings. The van der Waals surface area contributed by atoms with E-state index < -0.39 is 0 Å². The highest BCUT2D eigenvalue weighted by molar-refractivity contribution is 5.95. The molecule has 0 spiro atoms. The van der Waals surface area contributed by atoms with Crippen molar-refractivity contribution in [1.29, 1.82) is 0 Å². The van der Waals surface area contributed by atoms with Crippen LogP contribution in [0.2, 0.25) is 0 Å². The summed E-state index contributed by atoms with van der Waals surface area (Å²) in [5.41, 5.74) is 9.05. The summed E-state index contributed by atoms with van der Waals surface area (Å²) in [5, 5.41) is 7.90. The molecule has 2 N–H and O–H groups in total. The molecule has 3 rings (SSSR count). The normalized spacial score (nSPS) is 21.2. The maximum Gasteiger partial charge on any atom is 0.160 e. The Morgan fingerprint density at radius 1 is 1.22 bits per heavy atom. The molecule has 5 nitrogen and oxygen atoms in total. The molecule has 1 aliphatic heterocycles. The third-order valence-corrected chi connectivity index (χ3v) is 3.79. The van der Waals surface area contributed by atoms with Crippen LogP contribution in [0.25, 0.3) is 11.0 Å². The van der Waals surface area contributed by atoms with E-state index in [4.69, 9.17) is 10.4 Å². The summed E-state index contributed by atoms with van der Waals surface area (Å²) in [4.78, 5) is 2.40. The lowest BCUT2D eigenvalue weighted by Crippen LogP contribution is -2.32. The third-order valence-electron chi connectivity index (χ3n) is 3.79. The number of aromatic nitrogens is 2. The van der Waals surface area contributed by atoms with E-state index >= 15 is 0 Å². The molecule has 96 valence electrons. The van der Waals surface area contributed by atoms with Crippen molar-refractivity contribution in [2.24, 2.45) is 0 Å². The van der Waals surface area contributed by atoms with Gasteiger partial charge >= 0.3 is 0 Å². The van der Waals surface area contributed by atoms with Gasteiger partial charge in [0, 0.05) is 12.6 Å². The molecule has 2 heterocycles. The summed E-state index contributed by atoms with van der Waals surface area (Å²) < 4.78 is 4.84. The predicted octanol–water partition coefficient (Wildman–Crippen LogP) is 2.57. The monoisotopic (exact) mass is 246 g/mol. The standard InChI is InChI=1S/C13H18N4O/c1-9-5-3-2-4-8-17(9)11-7-6-10(14)12-13(11)16-18-15-12/h6-7,9H,2-5,8,14H2,1H3. The van der Waals surface area contributed by atoms with Crippen LogP contribution in [0.4, 0.5) is 11.4 Å². The van der Waals surface area contributed by atoms with Crippen molar-refractivity contribution in [3.8, 4) is 0 Å². The lowest BCUT2D eigenvalue weighted by atomic mass is 10.1. The minimum atomic E-state index is 0.524. The van der Waals surface area contributed by atoms with Crippen LogP contribution in [0, 0.1) is 0 Å². The Bertz CT molecular complexity index is 551. The Kier molecular flexibility index (Phi) is 2.81. The summed E-state index contributed by atoms with van der Waals surface area (Å²) in [6.07, 6.45) is 5.04. The number of hydrogen-bond acceptors (Lipinski definition) is 5. The highest BCUT2D eigenvalue weighted by Crippen LogP contribution is 2.31. The second-order valence-electron chi connectivity index (χ2n) is 5.03. The van der Waals surface area contributed by atoms with E-state index in [1.165, 1.54) is 25.7 Å². The zero-order valence-corrected chi connectivity index (χ0v) is 10.6.